The number of nitrogens with zero attached hydrogens (tertiary/aromatic N) is 5. The highest BCUT2D eigenvalue weighted by Gasteiger charge is 2.43. The molecule has 1 aromatic heterocycles. The van der Waals surface area contributed by atoms with E-state index in [0.717, 1.165) is 16.8 Å². The van der Waals surface area contributed by atoms with E-state index in [-0.39, 0.29) is 29.3 Å². The van der Waals surface area contributed by atoms with Crippen LogP contribution in [0, 0.1) is 17.2 Å². The van der Waals surface area contributed by atoms with E-state index in [2.05, 4.69) is 31.0 Å². The van der Waals surface area contributed by atoms with Gasteiger partial charge in [-0.3, -0.25) is 9.59 Å². The van der Waals surface area contributed by atoms with Crippen molar-refractivity contribution in [2.24, 2.45) is 5.92 Å². The minimum Gasteiger partial charge on any atom is -0.464 e. The maximum absolute atomic E-state index is 13.7. The van der Waals surface area contributed by atoms with Gasteiger partial charge >= 0.3 is 5.97 Å². The smallest absolute Gasteiger partial charge is 0.358 e. The van der Waals surface area contributed by atoms with E-state index in [9.17, 15) is 19.6 Å². The number of fused-ring (bicyclic) bond motifs is 1. The molecule has 2 aliphatic rings. The van der Waals surface area contributed by atoms with Crippen molar-refractivity contribution in [1.29, 1.82) is 5.26 Å². The van der Waals surface area contributed by atoms with Crippen LogP contribution in [0.2, 0.25) is 0 Å². The number of benzene rings is 2. The lowest BCUT2D eigenvalue weighted by atomic mass is 9.86. The fourth-order valence-corrected chi connectivity index (χ4v) is 5.17. The summed E-state index contributed by atoms with van der Waals surface area (Å²) in [5.74, 6) is -1.12. The van der Waals surface area contributed by atoms with Crippen molar-refractivity contribution < 1.29 is 19.1 Å². The molecule has 188 valence electrons. The molecule has 9 heteroatoms. The summed E-state index contributed by atoms with van der Waals surface area (Å²) in [7, 11) is 1.32. The molecule has 2 aromatic carbocycles. The molecule has 0 N–H and O–H groups in total. The second kappa shape index (κ2) is 9.21. The summed E-state index contributed by atoms with van der Waals surface area (Å²) in [4.78, 5) is 45.7. The molecule has 3 heterocycles. The molecule has 5 rings (SSSR count). The second-order valence-electron chi connectivity index (χ2n) is 10.2. The number of carbonyl (C=O) groups is 3. The molecular formula is C28H27N5O4. The number of ether oxygens (including phenoxy) is 1. The summed E-state index contributed by atoms with van der Waals surface area (Å²) >= 11 is 0. The van der Waals surface area contributed by atoms with Gasteiger partial charge in [0.05, 0.1) is 31.0 Å². The predicted octanol–water partition coefficient (Wildman–Crippen LogP) is 3.27. The van der Waals surface area contributed by atoms with Crippen LogP contribution in [0.4, 0.5) is 11.4 Å². The number of amides is 2. The van der Waals surface area contributed by atoms with Crippen LogP contribution >= 0.6 is 0 Å². The van der Waals surface area contributed by atoms with Crippen molar-refractivity contribution in [1.82, 2.24) is 9.55 Å². The van der Waals surface area contributed by atoms with E-state index in [0.29, 0.717) is 30.9 Å². The largest absolute Gasteiger partial charge is 0.464 e. The van der Waals surface area contributed by atoms with Gasteiger partial charge in [-0.15, -0.1) is 0 Å². The van der Waals surface area contributed by atoms with Crippen LogP contribution in [-0.4, -0.2) is 47.5 Å². The molecule has 0 radical (unpaired) electrons. The molecule has 1 fully saturated rings. The van der Waals surface area contributed by atoms with Crippen LogP contribution < -0.4 is 9.80 Å². The maximum Gasteiger partial charge on any atom is 0.358 e. The van der Waals surface area contributed by atoms with E-state index < -0.39 is 11.9 Å². The SMILES string of the molecule is COC(=O)c1cn(Cc2ccc3c(c2)C(C)(C)CN3C(=O)C2CC(=O)N(c3cccc(C#N)c3)C2)cn1. The van der Waals surface area contributed by atoms with Crippen LogP contribution in [0.5, 0.6) is 0 Å². The molecule has 2 aliphatic heterocycles. The Morgan fingerprint density at radius 3 is 2.78 bits per heavy atom. The zero-order valence-corrected chi connectivity index (χ0v) is 21.0. The highest BCUT2D eigenvalue weighted by atomic mass is 16.5. The second-order valence-corrected chi connectivity index (χ2v) is 10.2. The molecule has 3 aromatic rings. The lowest BCUT2D eigenvalue weighted by Gasteiger charge is -2.23. The average Bonchev–Trinajstić information content (AvgIpc) is 3.59. The van der Waals surface area contributed by atoms with Crippen molar-refractivity contribution in [2.75, 3.05) is 30.0 Å². The fraction of sp³-hybridized carbons (Fsp3) is 0.321. The van der Waals surface area contributed by atoms with Gasteiger partial charge in [0.15, 0.2) is 5.69 Å². The summed E-state index contributed by atoms with van der Waals surface area (Å²) in [6, 6.07) is 15.0. The molecule has 1 saturated heterocycles. The number of aromatic nitrogens is 2. The number of hydrogen-bond donors (Lipinski definition) is 0. The topological polar surface area (TPSA) is 109 Å². The normalized spacial score (nSPS) is 18.0. The Morgan fingerprint density at radius 1 is 1.22 bits per heavy atom. The summed E-state index contributed by atoms with van der Waals surface area (Å²) in [5.41, 5.74) is 4.04. The number of carbonyl (C=O) groups excluding carboxylic acids is 3. The van der Waals surface area contributed by atoms with Crippen LogP contribution in [-0.2, 0) is 26.3 Å². The first-order chi connectivity index (χ1) is 17.7. The van der Waals surface area contributed by atoms with Crippen molar-refractivity contribution in [3.8, 4) is 6.07 Å². The van der Waals surface area contributed by atoms with Crippen molar-refractivity contribution in [3.05, 3.63) is 77.4 Å². The van der Waals surface area contributed by atoms with Gasteiger partial charge in [0.25, 0.3) is 0 Å². The Labute approximate surface area is 214 Å². The van der Waals surface area contributed by atoms with Crippen LogP contribution in [0.1, 0.15) is 47.4 Å². The molecule has 1 unspecified atom stereocenters. The Hall–Kier alpha value is -4.45. The zero-order chi connectivity index (χ0) is 26.3. The number of methoxy groups -OCH3 is 1. The summed E-state index contributed by atoms with van der Waals surface area (Å²) in [5, 5.41) is 9.19. The number of hydrogen-bond acceptors (Lipinski definition) is 6. The molecular weight excluding hydrogens is 470 g/mol. The van der Waals surface area contributed by atoms with Gasteiger partial charge in [-0.1, -0.05) is 32.0 Å². The number of rotatable bonds is 5. The Kier molecular flexibility index (Phi) is 6.04. The minimum absolute atomic E-state index is 0.0656. The van der Waals surface area contributed by atoms with E-state index >= 15 is 0 Å². The lowest BCUT2D eigenvalue weighted by Crippen LogP contribution is -2.39. The Balaban J connectivity index is 1.35. The monoisotopic (exact) mass is 497 g/mol. The standard InChI is InChI=1S/C28H27N5O4/c1-28(2)16-33(26(35)20-11-25(34)32(14-20)21-6-4-5-18(9-21)12-29)24-8-7-19(10-22(24)28)13-31-15-23(30-17-31)27(36)37-3/h4-10,15,17,20H,11,13-14,16H2,1-3H3. The maximum atomic E-state index is 13.7. The Bertz CT molecular complexity index is 1450. The average molecular weight is 498 g/mol. The fourth-order valence-electron chi connectivity index (χ4n) is 5.17. The molecule has 1 atom stereocenters. The first kappa shape index (κ1) is 24.3. The Morgan fingerprint density at radius 2 is 2.03 bits per heavy atom. The number of imidazole rings is 1. The minimum atomic E-state index is -0.482. The van der Waals surface area contributed by atoms with Crippen molar-refractivity contribution in [2.45, 2.75) is 32.2 Å². The predicted molar refractivity (Wildman–Crippen MR) is 136 cm³/mol. The van der Waals surface area contributed by atoms with E-state index in [1.165, 1.54) is 7.11 Å². The van der Waals surface area contributed by atoms with Crippen molar-refractivity contribution in [3.63, 3.8) is 0 Å². The van der Waals surface area contributed by atoms with Crippen LogP contribution in [0.25, 0.3) is 0 Å². The van der Waals surface area contributed by atoms with E-state index in [4.69, 9.17) is 4.74 Å². The van der Waals surface area contributed by atoms with Crippen LogP contribution in [0.3, 0.4) is 0 Å². The third-order valence-corrected chi connectivity index (χ3v) is 7.05. The number of esters is 1. The van der Waals surface area contributed by atoms with Gasteiger partial charge < -0.3 is 19.1 Å². The molecule has 37 heavy (non-hydrogen) atoms. The third-order valence-electron chi connectivity index (χ3n) is 7.05. The molecule has 0 bridgehead atoms. The molecule has 0 spiro atoms. The first-order valence-corrected chi connectivity index (χ1v) is 12.1. The van der Waals surface area contributed by atoms with Gasteiger partial charge in [-0.2, -0.15) is 5.26 Å². The van der Waals surface area contributed by atoms with Gasteiger partial charge in [0.1, 0.15) is 0 Å². The van der Waals surface area contributed by atoms with Gasteiger partial charge in [0, 0.05) is 49.0 Å². The summed E-state index contributed by atoms with van der Waals surface area (Å²) in [6.45, 7) is 5.55. The van der Waals surface area contributed by atoms with E-state index in [1.54, 1.807) is 46.6 Å². The molecule has 0 saturated carbocycles. The third kappa shape index (κ3) is 4.47. The van der Waals surface area contributed by atoms with Gasteiger partial charge in [-0.05, 0) is 35.4 Å². The molecule has 9 nitrogen and oxygen atoms in total. The first-order valence-electron chi connectivity index (χ1n) is 12.1. The molecule has 0 aliphatic carbocycles. The quantitative estimate of drug-likeness (QED) is 0.501. The van der Waals surface area contributed by atoms with Gasteiger partial charge in [-0.25, -0.2) is 9.78 Å². The molecule has 2 amide bonds. The summed E-state index contributed by atoms with van der Waals surface area (Å²) in [6.07, 6.45) is 3.38. The number of nitriles is 1. The van der Waals surface area contributed by atoms with E-state index in [1.807, 2.05) is 16.7 Å². The highest BCUT2D eigenvalue weighted by molar-refractivity contribution is 6.05. The zero-order valence-electron chi connectivity index (χ0n) is 21.0. The number of anilines is 2. The highest BCUT2D eigenvalue weighted by Crippen LogP contribution is 2.42. The van der Waals surface area contributed by atoms with Gasteiger partial charge in [0.2, 0.25) is 11.8 Å². The van der Waals surface area contributed by atoms with Crippen LogP contribution in [0.15, 0.2) is 55.0 Å². The van der Waals surface area contributed by atoms with Crippen molar-refractivity contribution >= 4 is 29.2 Å². The summed E-state index contributed by atoms with van der Waals surface area (Å²) < 4.78 is 6.54. The lowest BCUT2D eigenvalue weighted by molar-refractivity contribution is -0.124.